The number of H-pyrrole nitrogens is 1. The maximum absolute atomic E-state index is 12.0. The van der Waals surface area contributed by atoms with Crippen molar-refractivity contribution in [1.29, 1.82) is 0 Å². The number of hydrogen-bond acceptors (Lipinski definition) is 7. The van der Waals surface area contributed by atoms with Crippen LogP contribution >= 0.6 is 23.1 Å². The lowest BCUT2D eigenvalue weighted by Gasteiger charge is -2.06. The number of rotatable bonds is 4. The molecule has 120 valence electrons. The number of benzene rings is 1. The average Bonchev–Trinajstić information content (AvgIpc) is 3.22. The molecule has 0 radical (unpaired) electrons. The molecule has 0 aliphatic rings. The van der Waals surface area contributed by atoms with Crippen LogP contribution in [0.15, 0.2) is 45.7 Å². The highest BCUT2D eigenvalue weighted by Gasteiger charge is 2.12. The second-order valence-corrected chi connectivity index (χ2v) is 6.95. The number of thioether (sulfide) groups is 1. The number of thiophene rings is 1. The van der Waals surface area contributed by atoms with E-state index in [4.69, 9.17) is 0 Å². The van der Waals surface area contributed by atoms with E-state index in [1.807, 2.05) is 42.6 Å². The van der Waals surface area contributed by atoms with Crippen LogP contribution in [-0.2, 0) is 5.75 Å². The molecule has 3 aromatic heterocycles. The summed E-state index contributed by atoms with van der Waals surface area (Å²) in [6.07, 6.45) is 0. The molecule has 0 amide bonds. The molecule has 9 heteroatoms. The Bertz CT molecular complexity index is 1070. The van der Waals surface area contributed by atoms with Gasteiger partial charge in [-0.1, -0.05) is 30.0 Å². The van der Waals surface area contributed by atoms with Gasteiger partial charge in [0.2, 0.25) is 5.16 Å². The van der Waals surface area contributed by atoms with E-state index in [9.17, 15) is 4.79 Å². The molecule has 4 rings (SSSR count). The van der Waals surface area contributed by atoms with Gasteiger partial charge in [0.05, 0.1) is 17.0 Å². The molecule has 0 unspecified atom stereocenters. The molecule has 1 N–H and O–H groups in total. The van der Waals surface area contributed by atoms with Crippen molar-refractivity contribution in [2.24, 2.45) is 0 Å². The van der Waals surface area contributed by atoms with Crippen LogP contribution in [0.5, 0.6) is 0 Å². The van der Waals surface area contributed by atoms with Gasteiger partial charge >= 0.3 is 0 Å². The number of aromatic nitrogens is 6. The molecule has 7 nitrogen and oxygen atoms in total. The fraction of sp³-hybridized carbons (Fsp3) is 0.133. The van der Waals surface area contributed by atoms with Crippen LogP contribution in [0.1, 0.15) is 11.4 Å². The van der Waals surface area contributed by atoms with Gasteiger partial charge in [-0.15, -0.1) is 16.4 Å². The third-order valence-corrected chi connectivity index (χ3v) is 5.32. The summed E-state index contributed by atoms with van der Waals surface area (Å²) in [5, 5.41) is 14.4. The van der Waals surface area contributed by atoms with Gasteiger partial charge in [-0.2, -0.15) is 4.68 Å². The van der Waals surface area contributed by atoms with Gasteiger partial charge in [0.15, 0.2) is 0 Å². The first-order valence-electron chi connectivity index (χ1n) is 7.16. The van der Waals surface area contributed by atoms with Gasteiger partial charge in [-0.25, -0.2) is 4.98 Å². The quantitative estimate of drug-likeness (QED) is 0.565. The predicted molar refractivity (Wildman–Crippen MR) is 93.7 cm³/mol. The summed E-state index contributed by atoms with van der Waals surface area (Å²) in [6.45, 7) is 2.01. The Morgan fingerprint density at radius 3 is 3.04 bits per heavy atom. The summed E-state index contributed by atoms with van der Waals surface area (Å²) >= 11 is 2.82. The second-order valence-electron chi connectivity index (χ2n) is 5.10. The SMILES string of the molecule is Cc1ccccc1-n1nnnc1SCc1nc2ccsc2c(=O)[nH]1. The monoisotopic (exact) mass is 356 g/mol. The Labute approximate surface area is 144 Å². The van der Waals surface area contributed by atoms with Crippen LogP contribution in [0.25, 0.3) is 15.9 Å². The van der Waals surface area contributed by atoms with E-state index in [0.717, 1.165) is 16.8 Å². The van der Waals surface area contributed by atoms with Gasteiger partial charge in [0.25, 0.3) is 5.56 Å². The van der Waals surface area contributed by atoms with Crippen molar-refractivity contribution in [3.05, 3.63) is 57.5 Å². The number of hydrogen-bond donors (Lipinski definition) is 1. The van der Waals surface area contributed by atoms with Crippen LogP contribution in [0.2, 0.25) is 0 Å². The standard InChI is InChI=1S/C15H12N6OS2/c1-9-4-2-3-5-11(9)21-15(18-19-20-21)24-8-12-16-10-6-7-23-13(10)14(22)17-12/h2-7H,8H2,1H3,(H,16,17,22). The highest BCUT2D eigenvalue weighted by molar-refractivity contribution is 7.98. The van der Waals surface area contributed by atoms with E-state index in [-0.39, 0.29) is 5.56 Å². The lowest BCUT2D eigenvalue weighted by molar-refractivity contribution is 0.751. The normalized spacial score (nSPS) is 11.2. The lowest BCUT2D eigenvalue weighted by Crippen LogP contribution is -2.09. The van der Waals surface area contributed by atoms with E-state index in [1.54, 1.807) is 4.68 Å². The van der Waals surface area contributed by atoms with Crippen molar-refractivity contribution in [1.82, 2.24) is 30.2 Å². The van der Waals surface area contributed by atoms with E-state index in [0.29, 0.717) is 21.4 Å². The summed E-state index contributed by atoms with van der Waals surface area (Å²) in [5.41, 5.74) is 2.62. The zero-order valence-corrected chi connectivity index (χ0v) is 14.3. The second kappa shape index (κ2) is 6.17. The van der Waals surface area contributed by atoms with Crippen LogP contribution in [0.3, 0.4) is 0 Å². The fourth-order valence-electron chi connectivity index (χ4n) is 2.34. The first-order valence-corrected chi connectivity index (χ1v) is 9.02. The first kappa shape index (κ1) is 15.0. The molecule has 0 saturated heterocycles. The molecular weight excluding hydrogens is 344 g/mol. The minimum absolute atomic E-state index is 0.107. The Kier molecular flexibility index (Phi) is 3.87. The van der Waals surface area contributed by atoms with Crippen molar-refractivity contribution in [3.8, 4) is 5.69 Å². The molecule has 0 bridgehead atoms. The molecule has 0 atom stereocenters. The van der Waals surface area contributed by atoms with Gasteiger partial charge in [0, 0.05) is 0 Å². The van der Waals surface area contributed by atoms with Crippen molar-refractivity contribution < 1.29 is 0 Å². The Morgan fingerprint density at radius 2 is 2.17 bits per heavy atom. The Hall–Kier alpha value is -2.52. The van der Waals surface area contributed by atoms with Crippen molar-refractivity contribution in [3.63, 3.8) is 0 Å². The molecule has 4 aromatic rings. The van der Waals surface area contributed by atoms with E-state index >= 15 is 0 Å². The third-order valence-electron chi connectivity index (χ3n) is 3.49. The van der Waals surface area contributed by atoms with Gasteiger partial charge in [-0.05, 0) is 40.4 Å². The fourth-order valence-corrected chi connectivity index (χ4v) is 3.82. The Balaban J connectivity index is 1.61. The summed E-state index contributed by atoms with van der Waals surface area (Å²) in [5.74, 6) is 1.09. The van der Waals surface area contributed by atoms with Crippen molar-refractivity contribution in [2.45, 2.75) is 17.8 Å². The maximum Gasteiger partial charge on any atom is 0.268 e. The first-order chi connectivity index (χ1) is 11.7. The van der Waals surface area contributed by atoms with E-state index in [1.165, 1.54) is 23.1 Å². The Morgan fingerprint density at radius 1 is 1.29 bits per heavy atom. The van der Waals surface area contributed by atoms with Crippen LogP contribution in [0.4, 0.5) is 0 Å². The summed E-state index contributed by atoms with van der Waals surface area (Å²) in [7, 11) is 0. The molecule has 0 saturated carbocycles. The number of tetrazole rings is 1. The number of fused-ring (bicyclic) bond motifs is 1. The molecule has 3 heterocycles. The van der Waals surface area contributed by atoms with Gasteiger partial charge in [0.1, 0.15) is 10.5 Å². The molecule has 1 aromatic carbocycles. The third kappa shape index (κ3) is 2.72. The molecule has 24 heavy (non-hydrogen) atoms. The zero-order chi connectivity index (χ0) is 16.5. The zero-order valence-electron chi connectivity index (χ0n) is 12.6. The summed E-state index contributed by atoms with van der Waals surface area (Å²) in [6, 6.07) is 9.74. The van der Waals surface area contributed by atoms with Crippen molar-refractivity contribution in [2.75, 3.05) is 0 Å². The predicted octanol–water partition coefficient (Wildman–Crippen LogP) is 2.56. The largest absolute Gasteiger partial charge is 0.309 e. The highest BCUT2D eigenvalue weighted by atomic mass is 32.2. The summed E-state index contributed by atoms with van der Waals surface area (Å²) in [4.78, 5) is 19.3. The van der Waals surface area contributed by atoms with E-state index < -0.39 is 0 Å². The number of nitrogens with zero attached hydrogens (tertiary/aromatic N) is 5. The number of aryl methyl sites for hydroxylation is 1. The lowest BCUT2D eigenvalue weighted by atomic mass is 10.2. The number of nitrogens with one attached hydrogen (secondary N) is 1. The molecule has 0 aliphatic heterocycles. The van der Waals surface area contributed by atoms with Crippen LogP contribution in [0, 0.1) is 6.92 Å². The molecule has 0 spiro atoms. The van der Waals surface area contributed by atoms with E-state index in [2.05, 4.69) is 25.5 Å². The topological polar surface area (TPSA) is 89.3 Å². The van der Waals surface area contributed by atoms with Gasteiger partial charge in [-0.3, -0.25) is 4.79 Å². The maximum atomic E-state index is 12.0. The smallest absolute Gasteiger partial charge is 0.268 e. The van der Waals surface area contributed by atoms with Crippen LogP contribution < -0.4 is 5.56 Å². The number of aromatic amines is 1. The summed E-state index contributed by atoms with van der Waals surface area (Å²) < 4.78 is 2.34. The number of para-hydroxylation sites is 1. The van der Waals surface area contributed by atoms with Crippen molar-refractivity contribution >= 4 is 33.3 Å². The van der Waals surface area contributed by atoms with Crippen LogP contribution in [-0.4, -0.2) is 30.2 Å². The average molecular weight is 356 g/mol. The molecular formula is C15H12N6OS2. The van der Waals surface area contributed by atoms with Gasteiger partial charge < -0.3 is 4.98 Å². The molecule has 0 aliphatic carbocycles. The highest BCUT2D eigenvalue weighted by Crippen LogP contribution is 2.23. The minimum atomic E-state index is -0.107. The minimum Gasteiger partial charge on any atom is -0.309 e. The molecule has 0 fully saturated rings.